The molecular formula is C20H15Cl2NO5. The molecule has 144 valence electrons. The fourth-order valence-electron chi connectivity index (χ4n) is 3.17. The average Bonchev–Trinajstić information content (AvgIpc) is 2.65. The van der Waals surface area contributed by atoms with Gasteiger partial charge in [0.2, 0.25) is 0 Å². The minimum Gasteiger partial charge on any atom is -0.506 e. The lowest BCUT2D eigenvalue weighted by Gasteiger charge is -2.26. The van der Waals surface area contributed by atoms with Crippen LogP contribution >= 0.6 is 23.2 Å². The fraction of sp³-hybridized carbons (Fsp3) is 0.150. The van der Waals surface area contributed by atoms with Crippen molar-refractivity contribution in [2.45, 2.75) is 12.8 Å². The second kappa shape index (κ2) is 7.66. The first kappa shape index (κ1) is 19.9. The number of Topliss-reactive ketones (excluding diaryl/α,β-unsaturated/α-hetero) is 1. The highest BCUT2D eigenvalue weighted by Crippen LogP contribution is 2.44. The van der Waals surface area contributed by atoms with E-state index in [9.17, 15) is 19.5 Å². The van der Waals surface area contributed by atoms with Crippen molar-refractivity contribution in [3.8, 4) is 11.1 Å². The molecule has 0 radical (unpaired) electrons. The maximum absolute atomic E-state index is 12.7. The van der Waals surface area contributed by atoms with Gasteiger partial charge in [0.05, 0.1) is 0 Å². The van der Waals surface area contributed by atoms with Crippen LogP contribution in [-0.4, -0.2) is 34.4 Å². The van der Waals surface area contributed by atoms with Crippen LogP contribution in [0.15, 0.2) is 42.0 Å². The number of carbonyl (C=O) groups is 3. The van der Waals surface area contributed by atoms with Gasteiger partial charge >= 0.3 is 5.97 Å². The Labute approximate surface area is 170 Å². The largest absolute Gasteiger partial charge is 0.506 e. The molecule has 0 aliphatic heterocycles. The van der Waals surface area contributed by atoms with Crippen molar-refractivity contribution in [1.82, 2.24) is 5.32 Å². The molecule has 1 amide bonds. The number of benzene rings is 2. The van der Waals surface area contributed by atoms with Gasteiger partial charge in [-0.3, -0.25) is 14.4 Å². The standard InChI is InChI=1S/C20H15Cl2NO5/c1-9-12-6-7-13(22)15(10-2-4-11(21)5-3-10)16(12)19(27)17(18(9)26)20(28)23-8-14(24)25/h2-7,9,27H,8H2,1H3,(H,23,28)(H,24,25). The first-order chi connectivity index (χ1) is 13.2. The molecule has 0 saturated carbocycles. The van der Waals surface area contributed by atoms with E-state index in [-0.39, 0.29) is 5.56 Å². The van der Waals surface area contributed by atoms with E-state index in [1.54, 1.807) is 43.3 Å². The number of hydrogen-bond acceptors (Lipinski definition) is 4. The second-order valence-corrected chi connectivity index (χ2v) is 7.12. The minimum absolute atomic E-state index is 0.266. The Morgan fingerprint density at radius 2 is 1.71 bits per heavy atom. The monoisotopic (exact) mass is 419 g/mol. The Bertz CT molecular complexity index is 1030. The molecule has 3 rings (SSSR count). The van der Waals surface area contributed by atoms with E-state index in [0.29, 0.717) is 26.7 Å². The average molecular weight is 420 g/mol. The van der Waals surface area contributed by atoms with Gasteiger partial charge in [-0.1, -0.05) is 48.3 Å². The van der Waals surface area contributed by atoms with E-state index < -0.39 is 41.5 Å². The number of carboxylic acids is 1. The third kappa shape index (κ3) is 3.48. The van der Waals surface area contributed by atoms with Crippen LogP contribution in [0.25, 0.3) is 16.9 Å². The van der Waals surface area contributed by atoms with Crippen molar-refractivity contribution in [2.75, 3.05) is 6.54 Å². The maximum Gasteiger partial charge on any atom is 0.322 e. The number of halogens is 2. The first-order valence-electron chi connectivity index (χ1n) is 8.28. The van der Waals surface area contributed by atoms with Crippen LogP contribution in [0.2, 0.25) is 10.0 Å². The Balaban J connectivity index is 2.23. The summed E-state index contributed by atoms with van der Waals surface area (Å²) >= 11 is 12.3. The fourth-order valence-corrected chi connectivity index (χ4v) is 3.56. The lowest BCUT2D eigenvalue weighted by Crippen LogP contribution is -2.36. The molecular weight excluding hydrogens is 405 g/mol. The molecule has 0 fully saturated rings. The van der Waals surface area contributed by atoms with Crippen molar-refractivity contribution >= 4 is 46.6 Å². The molecule has 1 aliphatic rings. The summed E-state index contributed by atoms with van der Waals surface area (Å²) in [6.45, 7) is 0.932. The van der Waals surface area contributed by atoms with Gasteiger partial charge in [-0.25, -0.2) is 0 Å². The number of aliphatic hydroxyl groups excluding tert-OH is 1. The van der Waals surface area contributed by atoms with E-state index in [2.05, 4.69) is 5.32 Å². The summed E-state index contributed by atoms with van der Waals surface area (Å²) in [5.41, 5.74) is 1.40. The smallest absolute Gasteiger partial charge is 0.322 e. The molecule has 2 aromatic carbocycles. The van der Waals surface area contributed by atoms with Crippen LogP contribution in [0.1, 0.15) is 24.0 Å². The maximum atomic E-state index is 12.7. The molecule has 2 aromatic rings. The third-order valence-electron chi connectivity index (χ3n) is 4.53. The summed E-state index contributed by atoms with van der Waals surface area (Å²) in [4.78, 5) is 35.8. The molecule has 0 saturated heterocycles. The number of aliphatic carboxylic acids is 1. The molecule has 1 atom stereocenters. The van der Waals surface area contributed by atoms with Crippen molar-refractivity contribution in [2.24, 2.45) is 0 Å². The van der Waals surface area contributed by atoms with Crippen LogP contribution in [-0.2, 0) is 14.4 Å². The SMILES string of the molecule is CC1C(=O)C(C(=O)NCC(=O)O)=C(O)c2c1ccc(Cl)c2-c1ccc(Cl)cc1. The van der Waals surface area contributed by atoms with Gasteiger partial charge in [0.1, 0.15) is 17.9 Å². The molecule has 0 aromatic heterocycles. The normalized spacial score (nSPS) is 16.0. The van der Waals surface area contributed by atoms with E-state index in [4.69, 9.17) is 28.3 Å². The van der Waals surface area contributed by atoms with Gasteiger partial charge in [0, 0.05) is 27.1 Å². The number of carbonyl (C=O) groups excluding carboxylic acids is 2. The number of carboxylic acid groups (broad SMARTS) is 1. The molecule has 0 spiro atoms. The van der Waals surface area contributed by atoms with E-state index in [1.165, 1.54) is 0 Å². The molecule has 3 N–H and O–H groups in total. The van der Waals surface area contributed by atoms with Crippen molar-refractivity contribution in [3.63, 3.8) is 0 Å². The molecule has 28 heavy (non-hydrogen) atoms. The predicted molar refractivity (Wildman–Crippen MR) is 106 cm³/mol. The van der Waals surface area contributed by atoms with Gasteiger partial charge in [0.15, 0.2) is 5.78 Å². The van der Waals surface area contributed by atoms with Gasteiger partial charge in [-0.2, -0.15) is 0 Å². The molecule has 1 aliphatic carbocycles. The number of aliphatic hydroxyl groups is 1. The highest BCUT2D eigenvalue weighted by atomic mass is 35.5. The highest BCUT2D eigenvalue weighted by molar-refractivity contribution is 6.35. The lowest BCUT2D eigenvalue weighted by atomic mass is 9.78. The molecule has 8 heteroatoms. The topological polar surface area (TPSA) is 104 Å². The molecule has 0 bridgehead atoms. The summed E-state index contributed by atoms with van der Waals surface area (Å²) in [6, 6.07) is 9.99. The minimum atomic E-state index is -1.27. The molecule has 1 unspecified atom stereocenters. The number of rotatable bonds is 4. The van der Waals surface area contributed by atoms with Crippen LogP contribution in [0.5, 0.6) is 0 Å². The summed E-state index contributed by atoms with van der Waals surface area (Å²) < 4.78 is 0. The number of fused-ring (bicyclic) bond motifs is 1. The number of nitrogens with one attached hydrogen (secondary N) is 1. The van der Waals surface area contributed by atoms with Crippen molar-refractivity contribution in [1.29, 1.82) is 0 Å². The van der Waals surface area contributed by atoms with Gasteiger partial charge in [-0.15, -0.1) is 0 Å². The number of ketones is 1. The van der Waals surface area contributed by atoms with E-state index >= 15 is 0 Å². The predicted octanol–water partition coefficient (Wildman–Crippen LogP) is 3.82. The first-order valence-corrected chi connectivity index (χ1v) is 9.04. The number of hydrogen-bond donors (Lipinski definition) is 3. The zero-order valence-electron chi connectivity index (χ0n) is 14.6. The van der Waals surface area contributed by atoms with E-state index in [0.717, 1.165) is 0 Å². The summed E-state index contributed by atoms with van der Waals surface area (Å²) in [5.74, 6) is -4.08. The zero-order chi connectivity index (χ0) is 20.6. The van der Waals surface area contributed by atoms with Crippen molar-refractivity contribution < 1.29 is 24.6 Å². The molecule has 6 nitrogen and oxygen atoms in total. The van der Waals surface area contributed by atoms with Crippen LogP contribution in [0.3, 0.4) is 0 Å². The summed E-state index contributed by atoms with van der Waals surface area (Å²) in [5, 5.41) is 22.5. The summed E-state index contributed by atoms with van der Waals surface area (Å²) in [6.07, 6.45) is 0. The van der Waals surface area contributed by atoms with Crippen LogP contribution < -0.4 is 5.32 Å². The Morgan fingerprint density at radius 3 is 2.32 bits per heavy atom. The van der Waals surface area contributed by atoms with Crippen molar-refractivity contribution in [3.05, 3.63) is 63.1 Å². The number of amides is 1. The van der Waals surface area contributed by atoms with Gasteiger partial charge in [-0.05, 0) is 29.3 Å². The third-order valence-corrected chi connectivity index (χ3v) is 5.09. The van der Waals surface area contributed by atoms with Crippen LogP contribution in [0, 0.1) is 0 Å². The zero-order valence-corrected chi connectivity index (χ0v) is 16.1. The highest BCUT2D eigenvalue weighted by Gasteiger charge is 2.37. The lowest BCUT2D eigenvalue weighted by molar-refractivity contribution is -0.137. The Morgan fingerprint density at radius 1 is 1.07 bits per heavy atom. The molecule has 0 heterocycles. The van der Waals surface area contributed by atoms with E-state index in [1.807, 2.05) is 0 Å². The van der Waals surface area contributed by atoms with Crippen LogP contribution in [0.4, 0.5) is 0 Å². The summed E-state index contributed by atoms with van der Waals surface area (Å²) in [7, 11) is 0. The quantitative estimate of drug-likeness (QED) is 0.653. The van der Waals surface area contributed by atoms with Gasteiger partial charge < -0.3 is 15.5 Å². The van der Waals surface area contributed by atoms with Gasteiger partial charge in [0.25, 0.3) is 5.91 Å². The second-order valence-electron chi connectivity index (χ2n) is 6.28. The Hall–Kier alpha value is -2.83. The Kier molecular flexibility index (Phi) is 5.45.